The fourth-order valence-electron chi connectivity index (χ4n) is 4.09. The molecule has 0 unspecified atom stereocenters. The molecule has 0 saturated heterocycles. The van der Waals surface area contributed by atoms with Gasteiger partial charge in [0.1, 0.15) is 11.9 Å². The highest BCUT2D eigenvalue weighted by atomic mass is 79.9. The quantitative estimate of drug-likeness (QED) is 0.454. The third kappa shape index (κ3) is 6.70. The van der Waals surface area contributed by atoms with Crippen LogP contribution in [-0.2, 0) is 24.3 Å². The van der Waals surface area contributed by atoms with Gasteiger partial charge in [-0.05, 0) is 54.9 Å². The Bertz CT molecular complexity index is 1120. The maximum atomic E-state index is 12.5. The zero-order chi connectivity index (χ0) is 23.9. The highest BCUT2D eigenvalue weighted by molar-refractivity contribution is 9.10. The van der Waals surface area contributed by atoms with Gasteiger partial charge >= 0.3 is 0 Å². The number of aromatic nitrogens is 2. The van der Waals surface area contributed by atoms with Crippen LogP contribution in [0.15, 0.2) is 59.2 Å². The maximum Gasteiger partial charge on any atom is 0.239 e. The monoisotopic (exact) mass is 523 g/mol. The summed E-state index contributed by atoms with van der Waals surface area (Å²) in [5, 5.41) is 15.8. The van der Waals surface area contributed by atoms with Crippen molar-refractivity contribution in [3.63, 3.8) is 0 Å². The fourth-order valence-corrected chi connectivity index (χ4v) is 4.67. The van der Waals surface area contributed by atoms with Gasteiger partial charge in [0, 0.05) is 42.3 Å². The van der Waals surface area contributed by atoms with Crippen LogP contribution in [0.2, 0.25) is 0 Å². The van der Waals surface area contributed by atoms with Crippen molar-refractivity contribution < 1.29 is 9.90 Å². The molecule has 0 spiro atoms. The molecule has 0 radical (unpaired) electrons. The Morgan fingerprint density at radius 3 is 2.71 bits per heavy atom. The van der Waals surface area contributed by atoms with Crippen molar-refractivity contribution in [2.45, 2.75) is 32.0 Å². The molecule has 8 heteroatoms. The third-order valence-corrected chi connectivity index (χ3v) is 6.31. The van der Waals surface area contributed by atoms with Crippen LogP contribution in [0.25, 0.3) is 11.3 Å². The molecule has 3 heterocycles. The van der Waals surface area contributed by atoms with Gasteiger partial charge in [0.15, 0.2) is 0 Å². The second-order valence-electron chi connectivity index (χ2n) is 8.70. The number of aliphatic hydroxyl groups is 1. The van der Waals surface area contributed by atoms with Crippen molar-refractivity contribution >= 4 is 21.8 Å². The minimum absolute atomic E-state index is 0.188. The van der Waals surface area contributed by atoms with Crippen molar-refractivity contribution in [2.75, 3.05) is 26.7 Å². The molecule has 1 aromatic heterocycles. The van der Waals surface area contributed by atoms with E-state index in [1.807, 2.05) is 12.1 Å². The standard InChI is InChI=1S/C26H30BrN5O2/c1-32-10-2-8-29-26(34)24(17-33)30-15-20-11-19(12-22(27)13-20)14-25-28-9-7-23(31-25)21-5-3-18(16-32)4-6-21/h3-7,9,11-13,24,30,33H,2,8,10,14-17H2,1H3,(H,29,34)/t24-/m0/s1. The van der Waals surface area contributed by atoms with E-state index in [9.17, 15) is 9.90 Å². The Morgan fingerprint density at radius 1 is 1.12 bits per heavy atom. The van der Waals surface area contributed by atoms with Gasteiger partial charge in [0.25, 0.3) is 0 Å². The summed E-state index contributed by atoms with van der Waals surface area (Å²) in [7, 11) is 2.08. The fraction of sp³-hybridized carbons (Fsp3) is 0.346. The Hall–Kier alpha value is -2.65. The summed E-state index contributed by atoms with van der Waals surface area (Å²) in [5.74, 6) is 0.559. The second-order valence-corrected chi connectivity index (χ2v) is 9.61. The molecule has 1 atom stereocenters. The minimum Gasteiger partial charge on any atom is -0.394 e. The summed E-state index contributed by atoms with van der Waals surface area (Å²) in [6.07, 6.45) is 3.23. The van der Waals surface area contributed by atoms with E-state index >= 15 is 0 Å². The van der Waals surface area contributed by atoms with Crippen LogP contribution in [0.5, 0.6) is 0 Å². The number of fused-ring (bicyclic) bond motifs is 11. The van der Waals surface area contributed by atoms with Gasteiger partial charge in [-0.1, -0.05) is 46.3 Å². The molecule has 0 fully saturated rings. The summed E-state index contributed by atoms with van der Waals surface area (Å²) in [6, 6.07) is 15.9. The number of rotatable bonds is 1. The molecule has 178 valence electrons. The SMILES string of the molecule is CN1CCCNC(=O)[C@H](CO)NCc2cc(Br)cc(c2)Cc2nccc(n2)-c2ccc(cc2)C1. The van der Waals surface area contributed by atoms with Gasteiger partial charge in [-0.2, -0.15) is 0 Å². The first-order valence-electron chi connectivity index (χ1n) is 11.5. The Kier molecular flexibility index (Phi) is 8.39. The Labute approximate surface area is 208 Å². The van der Waals surface area contributed by atoms with E-state index in [-0.39, 0.29) is 12.5 Å². The number of benzene rings is 2. The lowest BCUT2D eigenvalue weighted by Crippen LogP contribution is -2.46. The molecule has 1 amide bonds. The molecule has 2 aliphatic rings. The Morgan fingerprint density at radius 2 is 1.91 bits per heavy atom. The van der Waals surface area contributed by atoms with Crippen molar-refractivity contribution in [3.8, 4) is 11.3 Å². The highest BCUT2D eigenvalue weighted by Crippen LogP contribution is 2.21. The number of nitrogens with one attached hydrogen (secondary N) is 2. The minimum atomic E-state index is -0.660. The van der Waals surface area contributed by atoms with Crippen molar-refractivity contribution in [3.05, 3.63) is 81.7 Å². The third-order valence-electron chi connectivity index (χ3n) is 5.85. The van der Waals surface area contributed by atoms with E-state index in [0.717, 1.165) is 52.2 Å². The van der Waals surface area contributed by atoms with E-state index in [4.69, 9.17) is 4.98 Å². The van der Waals surface area contributed by atoms with Crippen LogP contribution in [-0.4, -0.2) is 58.7 Å². The van der Waals surface area contributed by atoms with Gasteiger partial charge in [-0.15, -0.1) is 0 Å². The van der Waals surface area contributed by atoms with Gasteiger partial charge in [-0.25, -0.2) is 9.97 Å². The van der Waals surface area contributed by atoms with Gasteiger partial charge < -0.3 is 15.3 Å². The molecular weight excluding hydrogens is 494 g/mol. The average Bonchev–Trinajstić information content (AvgIpc) is 2.82. The molecule has 5 rings (SSSR count). The lowest BCUT2D eigenvalue weighted by Gasteiger charge is -2.19. The zero-order valence-corrected chi connectivity index (χ0v) is 20.9. The number of carbonyl (C=O) groups is 1. The molecule has 2 aliphatic heterocycles. The topological polar surface area (TPSA) is 90.4 Å². The van der Waals surface area contributed by atoms with E-state index in [1.54, 1.807) is 6.20 Å². The van der Waals surface area contributed by atoms with Crippen LogP contribution in [0, 0.1) is 0 Å². The van der Waals surface area contributed by atoms with E-state index in [0.29, 0.717) is 19.5 Å². The van der Waals surface area contributed by atoms with Crippen molar-refractivity contribution in [1.29, 1.82) is 0 Å². The molecule has 0 saturated carbocycles. The van der Waals surface area contributed by atoms with E-state index < -0.39 is 6.04 Å². The number of hydrogen-bond acceptors (Lipinski definition) is 6. The van der Waals surface area contributed by atoms with Crippen LogP contribution in [0.3, 0.4) is 0 Å². The summed E-state index contributed by atoms with van der Waals surface area (Å²) in [4.78, 5) is 24.1. The first-order chi connectivity index (χ1) is 16.5. The van der Waals surface area contributed by atoms with Crippen molar-refractivity contribution in [1.82, 2.24) is 25.5 Å². The molecular formula is C26H30BrN5O2. The maximum absolute atomic E-state index is 12.5. The number of hydrogen-bond donors (Lipinski definition) is 3. The first kappa shape index (κ1) is 24.5. The second kappa shape index (κ2) is 11.7. The van der Waals surface area contributed by atoms with Crippen LogP contribution in [0.4, 0.5) is 0 Å². The number of carbonyl (C=O) groups excluding carboxylic acids is 1. The zero-order valence-electron chi connectivity index (χ0n) is 19.3. The highest BCUT2D eigenvalue weighted by Gasteiger charge is 2.17. The van der Waals surface area contributed by atoms with E-state index in [1.165, 1.54) is 5.56 Å². The molecule has 3 aromatic rings. The average molecular weight is 524 g/mol. The summed E-state index contributed by atoms with van der Waals surface area (Å²) in [5.41, 5.74) is 5.27. The first-order valence-corrected chi connectivity index (χ1v) is 12.3. The normalized spacial score (nSPS) is 18.2. The molecule has 6 bridgehead atoms. The predicted molar refractivity (Wildman–Crippen MR) is 136 cm³/mol. The lowest BCUT2D eigenvalue weighted by molar-refractivity contribution is -0.124. The smallest absolute Gasteiger partial charge is 0.239 e. The molecule has 2 aromatic carbocycles. The largest absolute Gasteiger partial charge is 0.394 e. The number of amides is 1. The van der Waals surface area contributed by atoms with E-state index in [2.05, 4.69) is 79.9 Å². The van der Waals surface area contributed by atoms with Crippen LogP contribution < -0.4 is 10.6 Å². The molecule has 3 N–H and O–H groups in total. The summed E-state index contributed by atoms with van der Waals surface area (Å²) >= 11 is 3.59. The van der Waals surface area contributed by atoms with Gasteiger partial charge in [0.05, 0.1) is 12.3 Å². The molecule has 7 nitrogen and oxygen atoms in total. The van der Waals surface area contributed by atoms with Gasteiger partial charge in [-0.3, -0.25) is 10.1 Å². The summed E-state index contributed by atoms with van der Waals surface area (Å²) < 4.78 is 0.945. The number of nitrogens with zero attached hydrogens (tertiary/aromatic N) is 3. The Balaban J connectivity index is 1.62. The summed E-state index contributed by atoms with van der Waals surface area (Å²) in [6.45, 7) is 2.45. The number of aliphatic hydroxyl groups excluding tert-OH is 1. The van der Waals surface area contributed by atoms with Crippen molar-refractivity contribution in [2.24, 2.45) is 0 Å². The van der Waals surface area contributed by atoms with Gasteiger partial charge in [0.2, 0.25) is 5.91 Å². The molecule has 0 aliphatic carbocycles. The predicted octanol–water partition coefficient (Wildman–Crippen LogP) is 2.90. The molecule has 34 heavy (non-hydrogen) atoms. The van der Waals surface area contributed by atoms with Crippen LogP contribution >= 0.6 is 15.9 Å². The lowest BCUT2D eigenvalue weighted by atomic mass is 10.1. The number of halogens is 1. The van der Waals surface area contributed by atoms with Crippen LogP contribution in [0.1, 0.15) is 28.9 Å².